The molecule has 0 saturated carbocycles. The summed E-state index contributed by atoms with van der Waals surface area (Å²) in [7, 11) is 3.68. The molecule has 14 heavy (non-hydrogen) atoms. The van der Waals surface area contributed by atoms with E-state index in [1.807, 2.05) is 25.2 Å². The van der Waals surface area contributed by atoms with E-state index in [1.54, 1.807) is 7.11 Å². The lowest BCUT2D eigenvalue weighted by molar-refractivity contribution is 0.415. The molecule has 0 bridgehead atoms. The van der Waals surface area contributed by atoms with Gasteiger partial charge in [0, 0.05) is 19.2 Å². The molecule has 0 spiro atoms. The largest absolute Gasteiger partial charge is 0.497 e. The van der Waals surface area contributed by atoms with Crippen LogP contribution in [0.2, 0.25) is 0 Å². The van der Waals surface area contributed by atoms with Crippen LogP contribution in [0.4, 0.5) is 11.4 Å². The Bertz CT molecular complexity index is 310. The van der Waals surface area contributed by atoms with Crippen LogP contribution in [0.5, 0.6) is 5.75 Å². The zero-order valence-corrected chi connectivity index (χ0v) is 9.24. The highest BCUT2D eigenvalue weighted by molar-refractivity contribution is 5.69. The molecule has 3 nitrogen and oxygen atoms in total. The lowest BCUT2D eigenvalue weighted by atomic mass is 10.2. The highest BCUT2D eigenvalue weighted by atomic mass is 16.5. The van der Waals surface area contributed by atoms with Gasteiger partial charge in [0.15, 0.2) is 0 Å². The van der Waals surface area contributed by atoms with Gasteiger partial charge in [-0.05, 0) is 26.0 Å². The maximum absolute atomic E-state index is 5.89. The third-order valence-corrected chi connectivity index (χ3v) is 2.39. The molecular weight excluding hydrogens is 176 g/mol. The van der Waals surface area contributed by atoms with E-state index in [-0.39, 0.29) is 0 Å². The van der Waals surface area contributed by atoms with E-state index in [0.717, 1.165) is 17.1 Å². The normalized spacial score (nSPS) is 10.4. The molecular formula is C11H18N2O. The predicted molar refractivity (Wildman–Crippen MR) is 60.9 cm³/mol. The summed E-state index contributed by atoms with van der Waals surface area (Å²) >= 11 is 0. The second-order valence-corrected chi connectivity index (χ2v) is 3.63. The Kier molecular flexibility index (Phi) is 3.23. The van der Waals surface area contributed by atoms with Crippen LogP contribution in [0.3, 0.4) is 0 Å². The molecule has 3 heteroatoms. The lowest BCUT2D eigenvalue weighted by Gasteiger charge is -2.25. The average molecular weight is 194 g/mol. The maximum Gasteiger partial charge on any atom is 0.121 e. The van der Waals surface area contributed by atoms with Gasteiger partial charge in [-0.15, -0.1) is 0 Å². The van der Waals surface area contributed by atoms with Crippen LogP contribution < -0.4 is 15.4 Å². The third kappa shape index (κ3) is 2.10. The van der Waals surface area contributed by atoms with E-state index >= 15 is 0 Å². The van der Waals surface area contributed by atoms with Gasteiger partial charge in [0.05, 0.1) is 18.5 Å². The first-order valence-electron chi connectivity index (χ1n) is 4.72. The number of rotatable bonds is 3. The fraction of sp³-hybridized carbons (Fsp3) is 0.455. The number of benzene rings is 1. The summed E-state index contributed by atoms with van der Waals surface area (Å²) in [6, 6.07) is 6.11. The number of anilines is 2. The van der Waals surface area contributed by atoms with Gasteiger partial charge in [-0.25, -0.2) is 0 Å². The highest BCUT2D eigenvalue weighted by Crippen LogP contribution is 2.28. The van der Waals surface area contributed by atoms with E-state index in [2.05, 4.69) is 18.7 Å². The molecule has 2 N–H and O–H groups in total. The molecule has 0 atom stereocenters. The third-order valence-electron chi connectivity index (χ3n) is 2.39. The van der Waals surface area contributed by atoms with Gasteiger partial charge in [0.25, 0.3) is 0 Å². The fourth-order valence-electron chi connectivity index (χ4n) is 1.23. The molecule has 0 aliphatic rings. The molecule has 1 rings (SSSR count). The van der Waals surface area contributed by atoms with Gasteiger partial charge in [-0.3, -0.25) is 0 Å². The van der Waals surface area contributed by atoms with Crippen molar-refractivity contribution in [2.45, 2.75) is 19.9 Å². The summed E-state index contributed by atoms with van der Waals surface area (Å²) in [6.07, 6.45) is 0. The summed E-state index contributed by atoms with van der Waals surface area (Å²) in [5.41, 5.74) is 7.68. The molecule has 78 valence electrons. The predicted octanol–water partition coefficient (Wildman–Crippen LogP) is 2.12. The first-order valence-corrected chi connectivity index (χ1v) is 4.72. The van der Waals surface area contributed by atoms with Crippen molar-refractivity contribution >= 4 is 11.4 Å². The number of nitrogen functional groups attached to an aromatic ring is 1. The van der Waals surface area contributed by atoms with E-state index in [0.29, 0.717) is 6.04 Å². The van der Waals surface area contributed by atoms with Crippen LogP contribution >= 0.6 is 0 Å². The average Bonchev–Trinajstić information content (AvgIpc) is 2.17. The fourth-order valence-corrected chi connectivity index (χ4v) is 1.23. The molecule has 0 aliphatic carbocycles. The van der Waals surface area contributed by atoms with Crippen molar-refractivity contribution in [1.29, 1.82) is 0 Å². The molecule has 0 fully saturated rings. The number of hydrogen-bond acceptors (Lipinski definition) is 3. The Labute approximate surface area is 85.5 Å². The topological polar surface area (TPSA) is 38.5 Å². The van der Waals surface area contributed by atoms with Crippen LogP contribution in [0.15, 0.2) is 18.2 Å². The summed E-state index contributed by atoms with van der Waals surface area (Å²) in [6.45, 7) is 4.25. The summed E-state index contributed by atoms with van der Waals surface area (Å²) < 4.78 is 5.16. The SMILES string of the molecule is COc1ccc(N)c(N(C)C(C)C)c1. The number of ether oxygens (including phenoxy) is 1. The lowest BCUT2D eigenvalue weighted by Crippen LogP contribution is -2.26. The molecule has 0 radical (unpaired) electrons. The molecule has 1 aromatic rings. The van der Waals surface area contributed by atoms with Crippen LogP contribution in [0, 0.1) is 0 Å². The minimum Gasteiger partial charge on any atom is -0.497 e. The Balaban J connectivity index is 3.05. The van der Waals surface area contributed by atoms with Crippen molar-refractivity contribution < 1.29 is 4.74 Å². The van der Waals surface area contributed by atoms with Crippen molar-refractivity contribution in [1.82, 2.24) is 0 Å². The molecule has 0 aromatic heterocycles. The Morgan fingerprint density at radius 3 is 2.50 bits per heavy atom. The van der Waals surface area contributed by atoms with Crippen molar-refractivity contribution in [3.8, 4) is 5.75 Å². The molecule has 0 saturated heterocycles. The molecule has 0 unspecified atom stereocenters. The quantitative estimate of drug-likeness (QED) is 0.749. The number of methoxy groups -OCH3 is 1. The highest BCUT2D eigenvalue weighted by Gasteiger charge is 2.09. The van der Waals surface area contributed by atoms with Crippen LogP contribution in [-0.2, 0) is 0 Å². The maximum atomic E-state index is 5.89. The number of hydrogen-bond donors (Lipinski definition) is 1. The van der Waals surface area contributed by atoms with Crippen LogP contribution in [0.25, 0.3) is 0 Å². The first-order chi connectivity index (χ1) is 6.56. The van der Waals surface area contributed by atoms with Crippen LogP contribution in [0.1, 0.15) is 13.8 Å². The zero-order valence-electron chi connectivity index (χ0n) is 9.24. The van der Waals surface area contributed by atoms with Crippen molar-refractivity contribution in [3.63, 3.8) is 0 Å². The molecule has 0 amide bonds. The molecule has 1 aromatic carbocycles. The minimum atomic E-state index is 0.421. The zero-order chi connectivity index (χ0) is 10.7. The van der Waals surface area contributed by atoms with Gasteiger partial charge in [-0.2, -0.15) is 0 Å². The second kappa shape index (κ2) is 4.22. The Morgan fingerprint density at radius 1 is 1.36 bits per heavy atom. The Hall–Kier alpha value is -1.38. The van der Waals surface area contributed by atoms with E-state index in [1.165, 1.54) is 0 Å². The van der Waals surface area contributed by atoms with Gasteiger partial charge < -0.3 is 15.4 Å². The van der Waals surface area contributed by atoms with Crippen molar-refractivity contribution in [3.05, 3.63) is 18.2 Å². The number of nitrogens with zero attached hydrogens (tertiary/aromatic N) is 1. The summed E-state index contributed by atoms with van der Waals surface area (Å²) in [4.78, 5) is 2.12. The van der Waals surface area contributed by atoms with Gasteiger partial charge in [-0.1, -0.05) is 0 Å². The monoisotopic (exact) mass is 194 g/mol. The van der Waals surface area contributed by atoms with E-state index in [9.17, 15) is 0 Å². The second-order valence-electron chi connectivity index (χ2n) is 3.63. The van der Waals surface area contributed by atoms with Crippen molar-refractivity contribution in [2.24, 2.45) is 0 Å². The smallest absolute Gasteiger partial charge is 0.121 e. The van der Waals surface area contributed by atoms with E-state index in [4.69, 9.17) is 10.5 Å². The van der Waals surface area contributed by atoms with E-state index < -0.39 is 0 Å². The first kappa shape index (κ1) is 10.7. The van der Waals surface area contributed by atoms with Gasteiger partial charge in [0.2, 0.25) is 0 Å². The minimum absolute atomic E-state index is 0.421. The molecule has 0 aliphatic heterocycles. The van der Waals surface area contributed by atoms with Gasteiger partial charge in [0.1, 0.15) is 5.75 Å². The summed E-state index contributed by atoms with van der Waals surface area (Å²) in [5, 5.41) is 0. The standard InChI is InChI=1S/C11H18N2O/c1-8(2)13(3)11-7-9(14-4)5-6-10(11)12/h5-8H,12H2,1-4H3. The number of nitrogens with two attached hydrogens (primary N) is 1. The Morgan fingerprint density at radius 2 is 2.00 bits per heavy atom. The van der Waals surface area contributed by atoms with Crippen molar-refractivity contribution in [2.75, 3.05) is 24.8 Å². The summed E-state index contributed by atoms with van der Waals surface area (Å²) in [5.74, 6) is 0.835. The van der Waals surface area contributed by atoms with Crippen LogP contribution in [-0.4, -0.2) is 20.2 Å². The molecule has 0 heterocycles. The van der Waals surface area contributed by atoms with Gasteiger partial charge >= 0.3 is 0 Å².